The summed E-state index contributed by atoms with van der Waals surface area (Å²) in [5, 5.41) is 6.26. The first-order valence-corrected chi connectivity index (χ1v) is 6.77. The molecule has 0 fully saturated rings. The van der Waals surface area contributed by atoms with E-state index >= 15 is 0 Å². The van der Waals surface area contributed by atoms with Crippen LogP contribution in [-0.2, 0) is 13.6 Å². The molecule has 0 atom stereocenters. The van der Waals surface area contributed by atoms with Gasteiger partial charge in [-0.25, -0.2) is 4.79 Å². The van der Waals surface area contributed by atoms with E-state index in [1.807, 2.05) is 20.9 Å². The van der Waals surface area contributed by atoms with Crippen molar-refractivity contribution in [2.45, 2.75) is 20.4 Å². The molecule has 20 heavy (non-hydrogen) atoms. The number of nitrogens with zero attached hydrogens (tertiary/aromatic N) is 1. The number of hydrogen-bond acceptors (Lipinski definition) is 1. The van der Waals surface area contributed by atoms with Crippen LogP contribution in [0.4, 0.5) is 10.5 Å². The number of benzene rings is 1. The molecule has 2 N–H and O–H groups in total. The highest BCUT2D eigenvalue weighted by Crippen LogP contribution is 2.14. The number of hydrogen-bond donors (Lipinski definition) is 2. The molecular weight excluding hydrogens is 274 g/mol. The minimum Gasteiger partial charge on any atom is -0.352 e. The second kappa shape index (κ2) is 6.01. The lowest BCUT2D eigenvalue weighted by Crippen LogP contribution is -2.28. The van der Waals surface area contributed by atoms with Gasteiger partial charge in [-0.05, 0) is 49.7 Å². The molecule has 2 rings (SSSR count). The van der Waals surface area contributed by atoms with E-state index in [9.17, 15) is 4.79 Å². The maximum Gasteiger partial charge on any atom is 0.319 e. The molecule has 0 aliphatic rings. The molecule has 1 aromatic carbocycles. The second-order valence-electron chi connectivity index (χ2n) is 4.77. The van der Waals surface area contributed by atoms with Crippen molar-refractivity contribution in [3.05, 3.63) is 52.3 Å². The number of aromatic nitrogens is 1. The summed E-state index contributed by atoms with van der Waals surface area (Å²) in [6.45, 7) is 4.60. The highest BCUT2D eigenvalue weighted by Gasteiger charge is 2.07. The van der Waals surface area contributed by atoms with Crippen molar-refractivity contribution in [1.29, 1.82) is 0 Å². The molecule has 0 radical (unpaired) electrons. The molecule has 0 aliphatic heterocycles. The number of halogens is 1. The van der Waals surface area contributed by atoms with Gasteiger partial charge < -0.3 is 15.2 Å². The summed E-state index contributed by atoms with van der Waals surface area (Å²) in [5.41, 5.74) is 4.18. The Balaban J connectivity index is 1.92. The van der Waals surface area contributed by atoms with Crippen LogP contribution in [0.3, 0.4) is 0 Å². The first kappa shape index (κ1) is 14.5. The van der Waals surface area contributed by atoms with Gasteiger partial charge in [-0.3, -0.25) is 0 Å². The Bertz CT molecular complexity index is 617. The molecule has 0 saturated heterocycles. The van der Waals surface area contributed by atoms with Crippen LogP contribution in [-0.4, -0.2) is 10.6 Å². The quantitative estimate of drug-likeness (QED) is 0.891. The Morgan fingerprint density at radius 1 is 1.25 bits per heavy atom. The number of nitrogens with one attached hydrogen (secondary N) is 2. The van der Waals surface area contributed by atoms with Gasteiger partial charge in [-0.1, -0.05) is 11.6 Å². The van der Waals surface area contributed by atoms with E-state index in [4.69, 9.17) is 11.6 Å². The van der Waals surface area contributed by atoms with Crippen molar-refractivity contribution in [3.63, 3.8) is 0 Å². The van der Waals surface area contributed by atoms with Crippen LogP contribution in [0.2, 0.25) is 5.02 Å². The van der Waals surface area contributed by atoms with Crippen LogP contribution < -0.4 is 10.6 Å². The minimum atomic E-state index is -0.228. The van der Waals surface area contributed by atoms with Crippen LogP contribution in [0.5, 0.6) is 0 Å². The molecule has 4 nitrogen and oxygen atoms in total. The number of aryl methyl sites for hydroxylation is 1. The smallest absolute Gasteiger partial charge is 0.319 e. The van der Waals surface area contributed by atoms with E-state index in [0.29, 0.717) is 17.3 Å². The molecule has 1 heterocycles. The highest BCUT2D eigenvalue weighted by molar-refractivity contribution is 6.30. The summed E-state index contributed by atoms with van der Waals surface area (Å²) in [7, 11) is 2.02. The first-order valence-electron chi connectivity index (χ1n) is 6.39. The minimum absolute atomic E-state index is 0.228. The molecule has 0 spiro atoms. The van der Waals surface area contributed by atoms with Crippen molar-refractivity contribution in [2.75, 3.05) is 5.32 Å². The Labute approximate surface area is 123 Å². The molecule has 5 heteroatoms. The predicted octanol–water partition coefficient (Wildman–Crippen LogP) is 3.62. The Morgan fingerprint density at radius 2 is 1.90 bits per heavy atom. The fraction of sp³-hybridized carbons (Fsp3) is 0.267. The number of carbonyl (C=O) groups is 1. The maximum absolute atomic E-state index is 11.8. The van der Waals surface area contributed by atoms with Gasteiger partial charge in [0.05, 0.1) is 0 Å². The zero-order valence-corrected chi connectivity index (χ0v) is 12.6. The van der Waals surface area contributed by atoms with Crippen molar-refractivity contribution in [3.8, 4) is 0 Å². The summed E-state index contributed by atoms with van der Waals surface area (Å²) in [5.74, 6) is 0. The molecule has 0 saturated carbocycles. The molecule has 1 aromatic heterocycles. The van der Waals surface area contributed by atoms with Crippen molar-refractivity contribution in [2.24, 2.45) is 7.05 Å². The highest BCUT2D eigenvalue weighted by atomic mass is 35.5. The fourth-order valence-corrected chi connectivity index (χ4v) is 2.12. The SMILES string of the molecule is Cc1cc(CNC(=O)Nc2ccc(Cl)cc2)c(C)n1C. The molecule has 106 valence electrons. The number of anilines is 1. The van der Waals surface area contributed by atoms with Crippen LogP contribution >= 0.6 is 11.6 Å². The molecule has 0 bridgehead atoms. The summed E-state index contributed by atoms with van der Waals surface area (Å²) in [4.78, 5) is 11.8. The second-order valence-corrected chi connectivity index (χ2v) is 5.21. The largest absolute Gasteiger partial charge is 0.352 e. The number of carbonyl (C=O) groups excluding carboxylic acids is 1. The van der Waals surface area contributed by atoms with E-state index in [1.165, 1.54) is 5.69 Å². The van der Waals surface area contributed by atoms with Gasteiger partial charge in [0.2, 0.25) is 0 Å². The Morgan fingerprint density at radius 3 is 2.45 bits per heavy atom. The molecule has 0 aliphatic carbocycles. The van der Waals surface area contributed by atoms with Crippen LogP contribution in [0.15, 0.2) is 30.3 Å². The molecule has 2 amide bonds. The summed E-state index contributed by atoms with van der Waals surface area (Å²) >= 11 is 5.79. The number of rotatable bonds is 3. The Hall–Kier alpha value is -1.94. The van der Waals surface area contributed by atoms with E-state index in [2.05, 4.69) is 21.3 Å². The molecular formula is C15H18ClN3O. The van der Waals surface area contributed by atoms with Crippen LogP contribution in [0.25, 0.3) is 0 Å². The van der Waals surface area contributed by atoms with Gasteiger partial charge in [0.25, 0.3) is 0 Å². The lowest BCUT2D eigenvalue weighted by Gasteiger charge is -2.08. The van der Waals surface area contributed by atoms with Crippen LogP contribution in [0.1, 0.15) is 17.0 Å². The standard InChI is InChI=1S/C15H18ClN3O/c1-10-8-12(11(2)19(10)3)9-17-15(20)18-14-6-4-13(16)5-7-14/h4-8H,9H2,1-3H3,(H2,17,18,20). The average molecular weight is 292 g/mol. The van der Waals surface area contributed by atoms with E-state index in [-0.39, 0.29) is 6.03 Å². The summed E-state index contributed by atoms with van der Waals surface area (Å²) in [6.07, 6.45) is 0. The summed E-state index contributed by atoms with van der Waals surface area (Å²) in [6, 6.07) is 8.86. The van der Waals surface area contributed by atoms with Gasteiger partial charge in [0.15, 0.2) is 0 Å². The van der Waals surface area contributed by atoms with E-state index < -0.39 is 0 Å². The fourth-order valence-electron chi connectivity index (χ4n) is 2.00. The third-order valence-corrected chi connectivity index (χ3v) is 3.67. The Kier molecular flexibility index (Phi) is 4.35. The van der Waals surface area contributed by atoms with Crippen LogP contribution in [0, 0.1) is 13.8 Å². The van der Waals surface area contributed by atoms with Crippen molar-refractivity contribution in [1.82, 2.24) is 9.88 Å². The maximum atomic E-state index is 11.8. The lowest BCUT2D eigenvalue weighted by molar-refractivity contribution is 0.251. The van der Waals surface area contributed by atoms with Gasteiger partial charge in [0, 0.05) is 35.7 Å². The van der Waals surface area contributed by atoms with Gasteiger partial charge in [-0.15, -0.1) is 0 Å². The molecule has 0 unspecified atom stereocenters. The third-order valence-electron chi connectivity index (χ3n) is 3.42. The van der Waals surface area contributed by atoms with Crippen molar-refractivity contribution >= 4 is 23.3 Å². The van der Waals surface area contributed by atoms with E-state index in [1.54, 1.807) is 24.3 Å². The number of urea groups is 1. The summed E-state index contributed by atoms with van der Waals surface area (Å²) < 4.78 is 2.11. The van der Waals surface area contributed by atoms with Gasteiger partial charge in [0.1, 0.15) is 0 Å². The third kappa shape index (κ3) is 3.33. The molecule has 2 aromatic rings. The van der Waals surface area contributed by atoms with Gasteiger partial charge >= 0.3 is 6.03 Å². The lowest BCUT2D eigenvalue weighted by atomic mass is 10.2. The van der Waals surface area contributed by atoms with E-state index in [0.717, 1.165) is 11.3 Å². The number of amides is 2. The normalized spacial score (nSPS) is 10.4. The zero-order chi connectivity index (χ0) is 14.7. The zero-order valence-electron chi connectivity index (χ0n) is 11.8. The predicted molar refractivity (Wildman–Crippen MR) is 82.2 cm³/mol. The topological polar surface area (TPSA) is 46.1 Å². The monoisotopic (exact) mass is 291 g/mol. The van der Waals surface area contributed by atoms with Gasteiger partial charge in [-0.2, -0.15) is 0 Å². The average Bonchev–Trinajstić information content (AvgIpc) is 2.66. The van der Waals surface area contributed by atoms with Crippen molar-refractivity contribution < 1.29 is 4.79 Å². The first-order chi connectivity index (χ1) is 9.47.